The Kier molecular flexibility index (Phi) is 4.98. The lowest BCUT2D eigenvalue weighted by Gasteiger charge is -2.22. The van der Waals surface area contributed by atoms with E-state index in [1.165, 1.54) is 12.1 Å². The zero-order chi connectivity index (χ0) is 21.4. The first-order valence-corrected chi connectivity index (χ1v) is 9.57. The molecule has 0 radical (unpaired) electrons. The SMILES string of the molecule is Cc1ccc(/C=C/CC(O)c2cc(O)c3c(c2O)C(=O)c2ccccc2C3=O)cc1. The molecule has 3 N–H and O–H groups in total. The van der Waals surface area contributed by atoms with Gasteiger partial charge in [-0.15, -0.1) is 0 Å². The molecule has 0 aromatic heterocycles. The van der Waals surface area contributed by atoms with Crippen molar-refractivity contribution in [2.24, 2.45) is 0 Å². The van der Waals surface area contributed by atoms with Gasteiger partial charge in [-0.2, -0.15) is 0 Å². The van der Waals surface area contributed by atoms with Gasteiger partial charge in [0.25, 0.3) is 0 Å². The highest BCUT2D eigenvalue weighted by molar-refractivity contribution is 6.30. The van der Waals surface area contributed by atoms with Crippen molar-refractivity contribution in [1.82, 2.24) is 0 Å². The average Bonchev–Trinajstić information content (AvgIpc) is 2.74. The number of hydrogen-bond donors (Lipinski definition) is 3. The van der Waals surface area contributed by atoms with Crippen molar-refractivity contribution in [3.8, 4) is 11.5 Å². The fraction of sp³-hybridized carbons (Fsp3) is 0.120. The molecule has 0 heterocycles. The molecule has 0 amide bonds. The van der Waals surface area contributed by atoms with E-state index in [0.717, 1.165) is 17.2 Å². The van der Waals surface area contributed by atoms with Gasteiger partial charge in [-0.1, -0.05) is 66.2 Å². The number of aromatic hydroxyl groups is 2. The van der Waals surface area contributed by atoms with E-state index in [0.29, 0.717) is 0 Å². The standard InChI is InChI=1S/C25H20O5/c1-14-9-11-15(12-10-14)5-4-8-19(26)18-13-20(27)21-22(25(18)30)24(29)17-7-3-2-6-16(17)23(21)28/h2-7,9-13,19,26-27,30H,8H2,1H3/b5-4+. The molecule has 1 unspecified atom stereocenters. The van der Waals surface area contributed by atoms with Crippen LogP contribution in [0.25, 0.3) is 6.08 Å². The van der Waals surface area contributed by atoms with Crippen LogP contribution in [0.2, 0.25) is 0 Å². The fourth-order valence-corrected chi connectivity index (χ4v) is 3.67. The van der Waals surface area contributed by atoms with Crippen molar-refractivity contribution in [3.05, 3.63) is 99.6 Å². The molecule has 1 atom stereocenters. The number of benzene rings is 3. The van der Waals surface area contributed by atoms with Crippen LogP contribution in [0.1, 0.15) is 61.1 Å². The van der Waals surface area contributed by atoms with Gasteiger partial charge in [0.15, 0.2) is 11.6 Å². The number of carbonyl (C=O) groups is 2. The van der Waals surface area contributed by atoms with Crippen LogP contribution in [0.15, 0.2) is 60.7 Å². The summed E-state index contributed by atoms with van der Waals surface area (Å²) in [6.07, 6.45) is 2.57. The van der Waals surface area contributed by atoms with Crippen LogP contribution in [-0.4, -0.2) is 26.9 Å². The van der Waals surface area contributed by atoms with Gasteiger partial charge in [-0.3, -0.25) is 9.59 Å². The first kappa shape index (κ1) is 19.6. The Hall–Kier alpha value is -3.70. The van der Waals surface area contributed by atoms with Crippen LogP contribution >= 0.6 is 0 Å². The highest BCUT2D eigenvalue weighted by Crippen LogP contribution is 2.42. The number of aliphatic hydroxyl groups is 1. The topological polar surface area (TPSA) is 94.8 Å². The van der Waals surface area contributed by atoms with Crippen molar-refractivity contribution >= 4 is 17.6 Å². The Morgan fingerprint density at radius 2 is 1.50 bits per heavy atom. The number of aliphatic hydroxyl groups excluding tert-OH is 1. The Morgan fingerprint density at radius 3 is 2.13 bits per heavy atom. The molecule has 30 heavy (non-hydrogen) atoms. The number of hydrogen-bond acceptors (Lipinski definition) is 5. The van der Waals surface area contributed by atoms with E-state index in [2.05, 4.69) is 0 Å². The number of phenolic OH excluding ortho intramolecular Hbond substituents is 2. The van der Waals surface area contributed by atoms with Gasteiger partial charge in [0, 0.05) is 16.7 Å². The number of fused-ring (bicyclic) bond motifs is 2. The Bertz CT molecular complexity index is 1190. The number of phenols is 2. The summed E-state index contributed by atoms with van der Waals surface area (Å²) < 4.78 is 0. The van der Waals surface area contributed by atoms with Gasteiger partial charge in [0.2, 0.25) is 0 Å². The fourth-order valence-electron chi connectivity index (χ4n) is 3.67. The van der Waals surface area contributed by atoms with Crippen LogP contribution in [0, 0.1) is 6.92 Å². The maximum atomic E-state index is 12.9. The van der Waals surface area contributed by atoms with Crippen LogP contribution in [0.3, 0.4) is 0 Å². The normalized spacial score (nSPS) is 13.9. The lowest BCUT2D eigenvalue weighted by atomic mass is 9.81. The Balaban J connectivity index is 1.67. The molecule has 4 rings (SSSR count). The maximum Gasteiger partial charge on any atom is 0.198 e. The number of ketones is 2. The molecule has 5 heteroatoms. The highest BCUT2D eigenvalue weighted by Gasteiger charge is 2.36. The summed E-state index contributed by atoms with van der Waals surface area (Å²) in [7, 11) is 0. The molecule has 1 aliphatic carbocycles. The predicted molar refractivity (Wildman–Crippen MR) is 113 cm³/mol. The molecule has 0 fully saturated rings. The summed E-state index contributed by atoms with van der Waals surface area (Å²) in [5.41, 5.74) is 1.94. The molecular formula is C25H20O5. The molecule has 150 valence electrons. The van der Waals surface area contributed by atoms with E-state index < -0.39 is 29.2 Å². The molecule has 3 aromatic rings. The van der Waals surface area contributed by atoms with Crippen LogP contribution in [0.4, 0.5) is 0 Å². The second-order valence-corrected chi connectivity index (χ2v) is 7.35. The summed E-state index contributed by atoms with van der Waals surface area (Å²) in [6.45, 7) is 1.99. The predicted octanol–water partition coefficient (Wildman–Crippen LogP) is 4.32. The lowest BCUT2D eigenvalue weighted by Crippen LogP contribution is -2.22. The third-order valence-electron chi connectivity index (χ3n) is 5.29. The first-order chi connectivity index (χ1) is 14.4. The summed E-state index contributed by atoms with van der Waals surface area (Å²) in [6, 6.07) is 15.3. The summed E-state index contributed by atoms with van der Waals surface area (Å²) in [5.74, 6) is -2.01. The van der Waals surface area contributed by atoms with Gasteiger partial charge >= 0.3 is 0 Å². The van der Waals surface area contributed by atoms with E-state index in [1.807, 2.05) is 37.3 Å². The Labute approximate surface area is 173 Å². The first-order valence-electron chi connectivity index (χ1n) is 9.57. The molecule has 0 saturated heterocycles. The van der Waals surface area contributed by atoms with Crippen molar-refractivity contribution in [3.63, 3.8) is 0 Å². The van der Waals surface area contributed by atoms with Crippen LogP contribution in [0.5, 0.6) is 11.5 Å². The zero-order valence-electron chi connectivity index (χ0n) is 16.3. The molecule has 0 spiro atoms. The second kappa shape index (κ2) is 7.61. The molecule has 0 aliphatic heterocycles. The zero-order valence-corrected chi connectivity index (χ0v) is 16.3. The largest absolute Gasteiger partial charge is 0.507 e. The van der Waals surface area contributed by atoms with E-state index in [-0.39, 0.29) is 34.2 Å². The lowest BCUT2D eigenvalue weighted by molar-refractivity contribution is 0.0973. The van der Waals surface area contributed by atoms with Crippen LogP contribution in [-0.2, 0) is 0 Å². The summed E-state index contributed by atoms with van der Waals surface area (Å²) in [4.78, 5) is 25.7. The molecule has 5 nitrogen and oxygen atoms in total. The summed E-state index contributed by atoms with van der Waals surface area (Å²) >= 11 is 0. The van der Waals surface area contributed by atoms with Gasteiger partial charge < -0.3 is 15.3 Å². The number of carbonyl (C=O) groups excluding carboxylic acids is 2. The second-order valence-electron chi connectivity index (χ2n) is 7.35. The monoisotopic (exact) mass is 400 g/mol. The number of rotatable bonds is 4. The molecule has 0 saturated carbocycles. The number of aryl methyl sites for hydroxylation is 1. The minimum atomic E-state index is -1.16. The average molecular weight is 400 g/mol. The van der Waals surface area contributed by atoms with E-state index >= 15 is 0 Å². The smallest absolute Gasteiger partial charge is 0.198 e. The molecule has 3 aromatic carbocycles. The highest BCUT2D eigenvalue weighted by atomic mass is 16.3. The van der Waals surface area contributed by atoms with Gasteiger partial charge in [-0.05, 0) is 25.0 Å². The van der Waals surface area contributed by atoms with E-state index in [1.54, 1.807) is 18.2 Å². The molecule has 1 aliphatic rings. The van der Waals surface area contributed by atoms with Crippen molar-refractivity contribution in [2.75, 3.05) is 0 Å². The Morgan fingerprint density at radius 1 is 0.900 bits per heavy atom. The van der Waals surface area contributed by atoms with Gasteiger partial charge in [0.05, 0.1) is 17.2 Å². The minimum Gasteiger partial charge on any atom is -0.507 e. The van der Waals surface area contributed by atoms with E-state index in [9.17, 15) is 24.9 Å². The maximum absolute atomic E-state index is 12.9. The molecule has 0 bridgehead atoms. The summed E-state index contributed by atoms with van der Waals surface area (Å²) in [5, 5.41) is 31.7. The van der Waals surface area contributed by atoms with Crippen molar-refractivity contribution < 1.29 is 24.9 Å². The van der Waals surface area contributed by atoms with Crippen LogP contribution < -0.4 is 0 Å². The third-order valence-corrected chi connectivity index (χ3v) is 5.29. The van der Waals surface area contributed by atoms with Crippen molar-refractivity contribution in [1.29, 1.82) is 0 Å². The van der Waals surface area contributed by atoms with Crippen molar-refractivity contribution in [2.45, 2.75) is 19.4 Å². The van der Waals surface area contributed by atoms with E-state index in [4.69, 9.17) is 0 Å². The molecular weight excluding hydrogens is 380 g/mol. The minimum absolute atomic E-state index is 0.000312. The van der Waals surface area contributed by atoms with Gasteiger partial charge in [-0.25, -0.2) is 0 Å². The van der Waals surface area contributed by atoms with Gasteiger partial charge in [0.1, 0.15) is 11.5 Å². The quantitative estimate of drug-likeness (QED) is 0.444. The third kappa shape index (κ3) is 3.29.